The zero-order valence-electron chi connectivity index (χ0n) is 16.4. The van der Waals surface area contributed by atoms with Crippen molar-refractivity contribution < 1.29 is 9.59 Å². The molecular formula is C21H32ClN3O2. The lowest BCUT2D eigenvalue weighted by molar-refractivity contribution is -0.140. The molecule has 0 aliphatic carbocycles. The van der Waals surface area contributed by atoms with Crippen LogP contribution >= 0.6 is 12.4 Å². The number of piperidine rings is 2. The number of halogens is 1. The van der Waals surface area contributed by atoms with Gasteiger partial charge in [0.25, 0.3) is 5.91 Å². The van der Waals surface area contributed by atoms with Crippen LogP contribution in [0.25, 0.3) is 0 Å². The van der Waals surface area contributed by atoms with Crippen LogP contribution in [0.5, 0.6) is 0 Å². The fraction of sp³-hybridized carbons (Fsp3) is 0.619. The number of likely N-dealkylation sites (tertiary alicyclic amines) is 2. The van der Waals surface area contributed by atoms with Crippen LogP contribution in [0, 0.1) is 5.92 Å². The number of fused-ring (bicyclic) bond motifs is 1. The minimum Gasteiger partial charge on any atom is -0.339 e. The number of carbonyl (C=O) groups excluding carboxylic acids is 2. The molecule has 0 spiro atoms. The van der Waals surface area contributed by atoms with Gasteiger partial charge in [0.2, 0.25) is 5.91 Å². The lowest BCUT2D eigenvalue weighted by Gasteiger charge is -2.47. The molecule has 0 unspecified atom stereocenters. The number of nitrogens with zero attached hydrogens (tertiary/aromatic N) is 2. The number of hydrogen-bond acceptors (Lipinski definition) is 3. The van der Waals surface area contributed by atoms with Gasteiger partial charge in [-0.1, -0.05) is 26.0 Å². The molecule has 0 radical (unpaired) electrons. The first kappa shape index (κ1) is 21.7. The van der Waals surface area contributed by atoms with Gasteiger partial charge in [-0.2, -0.15) is 0 Å². The molecule has 2 heterocycles. The Bertz CT molecular complexity index is 647. The number of nitrogens with two attached hydrogens (primary N) is 1. The molecule has 1 aromatic carbocycles. The highest BCUT2D eigenvalue weighted by Gasteiger charge is 2.40. The molecule has 2 N–H and O–H groups in total. The first-order valence-corrected chi connectivity index (χ1v) is 9.90. The van der Waals surface area contributed by atoms with E-state index in [1.54, 1.807) is 0 Å². The molecule has 2 atom stereocenters. The van der Waals surface area contributed by atoms with E-state index in [9.17, 15) is 9.59 Å². The highest BCUT2D eigenvalue weighted by Crippen LogP contribution is 2.32. The van der Waals surface area contributed by atoms with Crippen LogP contribution in [-0.4, -0.2) is 53.8 Å². The summed E-state index contributed by atoms with van der Waals surface area (Å²) in [6.45, 7) is 7.14. The maximum Gasteiger partial charge on any atom is 0.253 e. The Balaban J connectivity index is 0.00000261. The van der Waals surface area contributed by atoms with Gasteiger partial charge in [-0.25, -0.2) is 0 Å². The van der Waals surface area contributed by atoms with Gasteiger partial charge < -0.3 is 15.5 Å². The molecule has 1 aromatic rings. The number of benzene rings is 1. The fourth-order valence-corrected chi connectivity index (χ4v) is 4.28. The molecule has 2 amide bonds. The van der Waals surface area contributed by atoms with Crippen LogP contribution in [-0.2, 0) is 4.79 Å². The SMILES string of the molecule is CC(C)c1ccc(C(=O)N2CC[C@@H]3[C@@H](CCC(=O)N3CCCN)C2)cc1.Cl. The third-order valence-electron chi connectivity index (χ3n) is 5.86. The fourth-order valence-electron chi connectivity index (χ4n) is 4.28. The lowest BCUT2D eigenvalue weighted by atomic mass is 9.83. The van der Waals surface area contributed by atoms with Crippen LogP contribution in [0.15, 0.2) is 24.3 Å². The van der Waals surface area contributed by atoms with Crippen LogP contribution in [0.3, 0.4) is 0 Å². The normalized spacial score (nSPS) is 22.4. The van der Waals surface area contributed by atoms with Crippen molar-refractivity contribution in [1.29, 1.82) is 0 Å². The topological polar surface area (TPSA) is 66.6 Å². The molecule has 2 saturated heterocycles. The van der Waals surface area contributed by atoms with Crippen molar-refractivity contribution in [2.24, 2.45) is 11.7 Å². The quantitative estimate of drug-likeness (QED) is 0.836. The third-order valence-corrected chi connectivity index (χ3v) is 5.86. The van der Waals surface area contributed by atoms with Crippen molar-refractivity contribution in [1.82, 2.24) is 9.80 Å². The largest absolute Gasteiger partial charge is 0.339 e. The zero-order valence-corrected chi connectivity index (χ0v) is 17.2. The van der Waals surface area contributed by atoms with Crippen molar-refractivity contribution in [2.45, 2.75) is 51.5 Å². The van der Waals surface area contributed by atoms with E-state index in [0.29, 0.717) is 24.8 Å². The summed E-state index contributed by atoms with van der Waals surface area (Å²) in [5, 5.41) is 0. The smallest absolute Gasteiger partial charge is 0.253 e. The van der Waals surface area contributed by atoms with Gasteiger partial charge in [-0.15, -0.1) is 12.4 Å². The number of carbonyl (C=O) groups is 2. The number of rotatable bonds is 5. The van der Waals surface area contributed by atoms with Gasteiger partial charge in [0.1, 0.15) is 0 Å². The monoisotopic (exact) mass is 393 g/mol. The molecule has 3 rings (SSSR count). The summed E-state index contributed by atoms with van der Waals surface area (Å²) in [7, 11) is 0. The Labute approximate surface area is 168 Å². The number of hydrogen-bond donors (Lipinski definition) is 1. The van der Waals surface area contributed by atoms with Gasteiger partial charge in [0, 0.05) is 37.7 Å². The second-order valence-corrected chi connectivity index (χ2v) is 7.91. The van der Waals surface area contributed by atoms with Crippen LogP contribution in [0.1, 0.15) is 61.4 Å². The standard InChI is InChI=1S/C21H31N3O2.ClH/c1-15(2)16-4-6-17(7-5-16)21(26)23-13-10-19-18(14-23)8-9-20(25)24(19)12-3-11-22;/h4-7,15,18-19H,3,8-14,22H2,1-2H3;1H/t18-,19+;/m0./s1. The summed E-state index contributed by atoms with van der Waals surface area (Å²) in [6, 6.07) is 8.27. The first-order valence-electron chi connectivity index (χ1n) is 9.90. The molecule has 0 bridgehead atoms. The van der Waals surface area contributed by atoms with Gasteiger partial charge in [0.05, 0.1) is 0 Å². The van der Waals surface area contributed by atoms with Crippen LogP contribution in [0.2, 0.25) is 0 Å². The van der Waals surface area contributed by atoms with Crippen molar-refractivity contribution in [3.8, 4) is 0 Å². The van der Waals surface area contributed by atoms with Crippen molar-refractivity contribution in [3.63, 3.8) is 0 Å². The van der Waals surface area contributed by atoms with E-state index >= 15 is 0 Å². The second-order valence-electron chi connectivity index (χ2n) is 7.91. The van der Waals surface area contributed by atoms with E-state index < -0.39 is 0 Å². The maximum atomic E-state index is 12.9. The van der Waals surface area contributed by atoms with Gasteiger partial charge in [-0.3, -0.25) is 9.59 Å². The van der Waals surface area contributed by atoms with Crippen LogP contribution in [0.4, 0.5) is 0 Å². The summed E-state index contributed by atoms with van der Waals surface area (Å²) in [6.07, 6.45) is 3.20. The molecule has 6 heteroatoms. The predicted octanol–water partition coefficient (Wildman–Crippen LogP) is 3.03. The Kier molecular flexibility index (Phi) is 7.68. The van der Waals surface area contributed by atoms with E-state index in [2.05, 4.69) is 26.0 Å². The Hall–Kier alpha value is -1.59. The summed E-state index contributed by atoms with van der Waals surface area (Å²) in [4.78, 5) is 29.2. The third kappa shape index (κ3) is 4.82. The average Bonchev–Trinajstić information content (AvgIpc) is 2.66. The molecule has 150 valence electrons. The Morgan fingerprint density at radius 3 is 2.56 bits per heavy atom. The van der Waals surface area contributed by atoms with Crippen molar-refractivity contribution >= 4 is 24.2 Å². The van der Waals surface area contributed by atoms with E-state index in [1.807, 2.05) is 21.9 Å². The molecule has 27 heavy (non-hydrogen) atoms. The van der Waals surface area contributed by atoms with Gasteiger partial charge in [-0.05, 0) is 55.3 Å². The minimum atomic E-state index is 0. The average molecular weight is 394 g/mol. The van der Waals surface area contributed by atoms with E-state index in [-0.39, 0.29) is 30.3 Å². The molecule has 2 aliphatic heterocycles. The molecule has 0 aromatic heterocycles. The first-order chi connectivity index (χ1) is 12.5. The van der Waals surface area contributed by atoms with Crippen molar-refractivity contribution in [2.75, 3.05) is 26.2 Å². The highest BCUT2D eigenvalue weighted by molar-refractivity contribution is 5.94. The maximum absolute atomic E-state index is 12.9. The van der Waals surface area contributed by atoms with Crippen molar-refractivity contribution in [3.05, 3.63) is 35.4 Å². The lowest BCUT2D eigenvalue weighted by Crippen LogP contribution is -2.57. The van der Waals surface area contributed by atoms with Gasteiger partial charge >= 0.3 is 0 Å². The molecule has 5 nitrogen and oxygen atoms in total. The minimum absolute atomic E-state index is 0. The predicted molar refractivity (Wildman–Crippen MR) is 110 cm³/mol. The van der Waals surface area contributed by atoms with Gasteiger partial charge in [0.15, 0.2) is 0 Å². The number of amides is 2. The zero-order chi connectivity index (χ0) is 18.7. The summed E-state index contributed by atoms with van der Waals surface area (Å²) in [5.41, 5.74) is 7.64. The summed E-state index contributed by atoms with van der Waals surface area (Å²) >= 11 is 0. The van der Waals surface area contributed by atoms with E-state index in [0.717, 1.165) is 44.5 Å². The Morgan fingerprint density at radius 2 is 1.93 bits per heavy atom. The molecule has 2 fully saturated rings. The summed E-state index contributed by atoms with van der Waals surface area (Å²) in [5.74, 6) is 1.22. The molecule has 0 saturated carbocycles. The van der Waals surface area contributed by atoms with E-state index in [4.69, 9.17) is 5.73 Å². The summed E-state index contributed by atoms with van der Waals surface area (Å²) < 4.78 is 0. The molecule has 2 aliphatic rings. The Morgan fingerprint density at radius 1 is 1.22 bits per heavy atom. The van der Waals surface area contributed by atoms with Crippen LogP contribution < -0.4 is 5.73 Å². The highest BCUT2D eigenvalue weighted by atomic mass is 35.5. The molecular weight excluding hydrogens is 362 g/mol. The second kappa shape index (κ2) is 9.56. The van der Waals surface area contributed by atoms with E-state index in [1.165, 1.54) is 5.56 Å².